The fourth-order valence-electron chi connectivity index (χ4n) is 4.73. The maximum Gasteiger partial charge on any atom is 0.295 e. The third kappa shape index (κ3) is 4.38. The van der Waals surface area contributed by atoms with Gasteiger partial charge in [-0.3, -0.25) is 14.5 Å². The molecule has 0 bridgehead atoms. The van der Waals surface area contributed by atoms with Crippen molar-refractivity contribution in [2.45, 2.75) is 12.5 Å². The predicted octanol–water partition coefficient (Wildman–Crippen LogP) is 2.60. The van der Waals surface area contributed by atoms with Gasteiger partial charge in [0.2, 0.25) is 0 Å². The Bertz CT molecular complexity index is 1090. The first kappa shape index (κ1) is 22.4. The first-order valence-electron chi connectivity index (χ1n) is 11.7. The molecular weight excluding hydrogens is 436 g/mol. The van der Waals surface area contributed by atoms with Gasteiger partial charge in [-0.15, -0.1) is 0 Å². The minimum Gasteiger partial charge on any atom is -0.507 e. The quantitative estimate of drug-likeness (QED) is 0.399. The number of amides is 1. The van der Waals surface area contributed by atoms with Gasteiger partial charge in [0.15, 0.2) is 11.5 Å². The molecule has 2 aromatic rings. The lowest BCUT2D eigenvalue weighted by atomic mass is 9.95. The molecule has 3 aliphatic heterocycles. The number of Topliss-reactive ketones (excluding diaryl/α,β-unsaturated/α-hetero) is 1. The molecule has 0 spiro atoms. The van der Waals surface area contributed by atoms with Crippen LogP contribution in [0.25, 0.3) is 5.76 Å². The van der Waals surface area contributed by atoms with Crippen molar-refractivity contribution in [3.8, 4) is 11.5 Å². The maximum absolute atomic E-state index is 13.2. The standard InChI is InChI=1S/C26H28N2O6/c29-24(19-7-8-20-21(17-19)34-16-15-33-20)22-23(18-5-2-1-3-6-18)28(26(31)25(22)30)10-4-9-27-11-13-32-14-12-27/h1-3,5-8,17,23,29H,4,9-16H2/t23-/m1/s1. The number of benzene rings is 2. The van der Waals surface area contributed by atoms with E-state index in [-0.39, 0.29) is 11.3 Å². The molecule has 3 aliphatic rings. The number of aliphatic hydroxyl groups is 1. The van der Waals surface area contributed by atoms with Crippen molar-refractivity contribution < 1.29 is 28.9 Å². The molecule has 34 heavy (non-hydrogen) atoms. The number of hydrogen-bond acceptors (Lipinski definition) is 7. The van der Waals surface area contributed by atoms with E-state index < -0.39 is 17.7 Å². The Morgan fingerprint density at radius 2 is 1.65 bits per heavy atom. The fraction of sp³-hybridized carbons (Fsp3) is 0.385. The van der Waals surface area contributed by atoms with Crippen molar-refractivity contribution in [3.63, 3.8) is 0 Å². The zero-order valence-electron chi connectivity index (χ0n) is 18.9. The SMILES string of the molecule is O=C1C(=O)N(CCCN2CCOCC2)[C@H](c2ccccc2)C1=C(O)c1ccc2c(c1)OCCO2. The summed E-state index contributed by atoms with van der Waals surface area (Å²) in [5.41, 5.74) is 1.29. The number of morpholine rings is 1. The Kier molecular flexibility index (Phi) is 6.51. The summed E-state index contributed by atoms with van der Waals surface area (Å²) in [7, 11) is 0. The number of hydrogen-bond donors (Lipinski definition) is 1. The molecule has 0 unspecified atom stereocenters. The van der Waals surface area contributed by atoms with Gasteiger partial charge < -0.3 is 24.2 Å². The summed E-state index contributed by atoms with van der Waals surface area (Å²) in [4.78, 5) is 30.2. The van der Waals surface area contributed by atoms with E-state index in [4.69, 9.17) is 14.2 Å². The van der Waals surface area contributed by atoms with Gasteiger partial charge in [0, 0.05) is 31.7 Å². The van der Waals surface area contributed by atoms with Crippen LogP contribution in [0.15, 0.2) is 54.1 Å². The maximum atomic E-state index is 13.2. The molecule has 0 radical (unpaired) electrons. The second-order valence-corrected chi connectivity index (χ2v) is 8.57. The molecule has 8 heteroatoms. The Balaban J connectivity index is 1.46. The summed E-state index contributed by atoms with van der Waals surface area (Å²) < 4.78 is 16.6. The Morgan fingerprint density at radius 3 is 2.41 bits per heavy atom. The average molecular weight is 465 g/mol. The van der Waals surface area contributed by atoms with E-state index in [1.807, 2.05) is 30.3 Å². The second-order valence-electron chi connectivity index (χ2n) is 8.57. The topological polar surface area (TPSA) is 88.5 Å². The van der Waals surface area contributed by atoms with Crippen molar-refractivity contribution >= 4 is 17.4 Å². The third-order valence-corrected chi connectivity index (χ3v) is 6.45. The number of carbonyl (C=O) groups excluding carboxylic acids is 2. The molecule has 0 saturated carbocycles. The van der Waals surface area contributed by atoms with Crippen LogP contribution in [0.5, 0.6) is 11.5 Å². The number of ketones is 1. The average Bonchev–Trinajstić information content (AvgIpc) is 3.14. The monoisotopic (exact) mass is 464 g/mol. The Labute approximate surface area is 198 Å². The number of nitrogens with zero attached hydrogens (tertiary/aromatic N) is 2. The molecule has 5 rings (SSSR count). The number of carbonyl (C=O) groups is 2. The van der Waals surface area contributed by atoms with Gasteiger partial charge in [-0.25, -0.2) is 0 Å². The second kappa shape index (κ2) is 9.87. The lowest BCUT2D eigenvalue weighted by Gasteiger charge is -2.29. The molecule has 1 N–H and O–H groups in total. The fourth-order valence-corrected chi connectivity index (χ4v) is 4.73. The highest BCUT2D eigenvalue weighted by Gasteiger charge is 2.45. The number of rotatable bonds is 6. The van der Waals surface area contributed by atoms with Crippen molar-refractivity contribution in [3.05, 3.63) is 65.2 Å². The van der Waals surface area contributed by atoms with Gasteiger partial charge in [-0.05, 0) is 30.2 Å². The third-order valence-electron chi connectivity index (χ3n) is 6.45. The van der Waals surface area contributed by atoms with E-state index in [2.05, 4.69) is 4.90 Å². The van der Waals surface area contributed by atoms with Gasteiger partial charge in [0.1, 0.15) is 19.0 Å². The number of aliphatic hydroxyl groups excluding tert-OH is 1. The highest BCUT2D eigenvalue weighted by molar-refractivity contribution is 6.46. The van der Waals surface area contributed by atoms with Gasteiger partial charge in [-0.1, -0.05) is 30.3 Å². The van der Waals surface area contributed by atoms with Crippen LogP contribution >= 0.6 is 0 Å². The normalized spacial score (nSPS) is 22.2. The first-order valence-corrected chi connectivity index (χ1v) is 11.7. The van der Waals surface area contributed by atoms with E-state index in [9.17, 15) is 14.7 Å². The van der Waals surface area contributed by atoms with E-state index >= 15 is 0 Å². The molecule has 3 heterocycles. The molecular formula is C26H28N2O6. The lowest BCUT2D eigenvalue weighted by Crippen LogP contribution is -2.38. The molecule has 0 aromatic heterocycles. The molecule has 1 atom stereocenters. The zero-order valence-corrected chi connectivity index (χ0v) is 18.9. The van der Waals surface area contributed by atoms with Crippen molar-refractivity contribution in [1.82, 2.24) is 9.80 Å². The van der Waals surface area contributed by atoms with Gasteiger partial charge in [0.05, 0.1) is 24.8 Å². The van der Waals surface area contributed by atoms with Crippen LogP contribution in [0, 0.1) is 0 Å². The molecule has 2 saturated heterocycles. The van der Waals surface area contributed by atoms with E-state index in [1.165, 1.54) is 0 Å². The summed E-state index contributed by atoms with van der Waals surface area (Å²) in [6, 6.07) is 13.8. The summed E-state index contributed by atoms with van der Waals surface area (Å²) >= 11 is 0. The summed E-state index contributed by atoms with van der Waals surface area (Å²) in [5.74, 6) is -0.375. The van der Waals surface area contributed by atoms with E-state index in [1.54, 1.807) is 23.1 Å². The minimum atomic E-state index is -0.674. The summed E-state index contributed by atoms with van der Waals surface area (Å²) in [6.07, 6.45) is 0.723. The van der Waals surface area contributed by atoms with E-state index in [0.29, 0.717) is 50.0 Å². The minimum absolute atomic E-state index is 0.0965. The van der Waals surface area contributed by atoms with Crippen LogP contribution in [0.3, 0.4) is 0 Å². The summed E-state index contributed by atoms with van der Waals surface area (Å²) in [5, 5.41) is 11.3. The highest BCUT2D eigenvalue weighted by Crippen LogP contribution is 2.41. The predicted molar refractivity (Wildman–Crippen MR) is 125 cm³/mol. The lowest BCUT2D eigenvalue weighted by molar-refractivity contribution is -0.140. The van der Waals surface area contributed by atoms with Crippen LogP contribution in [0.2, 0.25) is 0 Å². The molecule has 0 aliphatic carbocycles. The highest BCUT2D eigenvalue weighted by atomic mass is 16.6. The Morgan fingerprint density at radius 1 is 0.912 bits per heavy atom. The van der Waals surface area contributed by atoms with Crippen molar-refractivity contribution in [2.75, 3.05) is 52.6 Å². The van der Waals surface area contributed by atoms with Crippen LogP contribution in [-0.4, -0.2) is 79.2 Å². The first-order chi connectivity index (χ1) is 16.6. The van der Waals surface area contributed by atoms with Gasteiger partial charge in [-0.2, -0.15) is 0 Å². The number of fused-ring (bicyclic) bond motifs is 1. The van der Waals surface area contributed by atoms with Crippen LogP contribution in [0.4, 0.5) is 0 Å². The van der Waals surface area contributed by atoms with Crippen molar-refractivity contribution in [2.24, 2.45) is 0 Å². The van der Waals surface area contributed by atoms with Crippen LogP contribution in [-0.2, 0) is 14.3 Å². The molecule has 178 valence electrons. The summed E-state index contributed by atoms with van der Waals surface area (Å²) in [6.45, 7) is 5.26. The molecule has 2 fully saturated rings. The zero-order chi connectivity index (χ0) is 23.5. The smallest absolute Gasteiger partial charge is 0.295 e. The van der Waals surface area contributed by atoms with Crippen LogP contribution < -0.4 is 9.47 Å². The van der Waals surface area contributed by atoms with Crippen molar-refractivity contribution in [1.29, 1.82) is 0 Å². The molecule has 8 nitrogen and oxygen atoms in total. The Hall–Kier alpha value is -3.36. The van der Waals surface area contributed by atoms with Gasteiger partial charge in [0.25, 0.3) is 11.7 Å². The number of ether oxygens (including phenoxy) is 3. The molecule has 1 amide bonds. The molecule has 2 aromatic carbocycles. The largest absolute Gasteiger partial charge is 0.507 e. The number of likely N-dealkylation sites (tertiary alicyclic amines) is 1. The van der Waals surface area contributed by atoms with Gasteiger partial charge >= 0.3 is 0 Å². The van der Waals surface area contributed by atoms with E-state index in [0.717, 1.165) is 31.6 Å². The van der Waals surface area contributed by atoms with Crippen LogP contribution in [0.1, 0.15) is 23.6 Å².